The van der Waals surface area contributed by atoms with Crippen molar-refractivity contribution in [3.05, 3.63) is 77.4 Å². The molecule has 0 saturated carbocycles. The van der Waals surface area contributed by atoms with E-state index >= 15 is 0 Å². The summed E-state index contributed by atoms with van der Waals surface area (Å²) in [5.41, 5.74) is 3.62. The third-order valence-corrected chi connectivity index (χ3v) is 3.64. The van der Waals surface area contributed by atoms with Crippen molar-refractivity contribution in [2.75, 3.05) is 7.11 Å². The van der Waals surface area contributed by atoms with Gasteiger partial charge in [-0.25, -0.2) is 4.79 Å². The predicted molar refractivity (Wildman–Crippen MR) is 86.8 cm³/mol. The molecule has 0 aliphatic heterocycles. The predicted octanol–water partition coefficient (Wildman–Crippen LogP) is 3.84. The molecule has 0 spiro atoms. The first-order valence-corrected chi connectivity index (χ1v) is 7.01. The maximum absolute atomic E-state index is 11.9. The fourth-order valence-electron chi connectivity index (χ4n) is 2.42. The quantitative estimate of drug-likeness (QED) is 0.621. The van der Waals surface area contributed by atoms with Gasteiger partial charge in [0.25, 0.3) is 0 Å². The highest BCUT2D eigenvalue weighted by Gasteiger charge is 2.17. The van der Waals surface area contributed by atoms with E-state index in [2.05, 4.69) is 6.58 Å². The second kappa shape index (κ2) is 6.85. The Morgan fingerprint density at radius 3 is 2.18 bits per heavy atom. The normalized spacial score (nSPS) is 11.5. The SMILES string of the molecule is C=C(c1ccccc1C(=O)OC)c1ccccc1C(C)C=O. The van der Waals surface area contributed by atoms with Crippen LogP contribution < -0.4 is 0 Å². The zero-order valence-electron chi connectivity index (χ0n) is 12.7. The first kappa shape index (κ1) is 15.7. The van der Waals surface area contributed by atoms with E-state index in [0.717, 1.165) is 17.4 Å². The van der Waals surface area contributed by atoms with Crippen molar-refractivity contribution in [2.45, 2.75) is 12.8 Å². The van der Waals surface area contributed by atoms with Crippen LogP contribution in [0.4, 0.5) is 0 Å². The van der Waals surface area contributed by atoms with E-state index in [9.17, 15) is 9.59 Å². The van der Waals surface area contributed by atoms with Crippen LogP contribution in [0, 0.1) is 0 Å². The van der Waals surface area contributed by atoms with Crippen LogP contribution in [0.5, 0.6) is 0 Å². The van der Waals surface area contributed by atoms with Gasteiger partial charge in [0.1, 0.15) is 6.29 Å². The lowest BCUT2D eigenvalue weighted by molar-refractivity contribution is -0.108. The molecule has 2 aromatic carbocycles. The summed E-state index contributed by atoms with van der Waals surface area (Å²) < 4.78 is 4.83. The van der Waals surface area contributed by atoms with E-state index in [0.29, 0.717) is 16.7 Å². The summed E-state index contributed by atoms with van der Waals surface area (Å²) in [5.74, 6) is -0.643. The molecule has 0 aromatic heterocycles. The van der Waals surface area contributed by atoms with Gasteiger partial charge in [0.2, 0.25) is 0 Å². The molecule has 2 aromatic rings. The molecule has 0 fully saturated rings. The van der Waals surface area contributed by atoms with Crippen LogP contribution in [0.25, 0.3) is 5.57 Å². The number of aldehydes is 1. The molecule has 3 heteroatoms. The van der Waals surface area contributed by atoms with Crippen molar-refractivity contribution in [1.29, 1.82) is 0 Å². The van der Waals surface area contributed by atoms with Crippen LogP contribution in [0.3, 0.4) is 0 Å². The second-order valence-electron chi connectivity index (χ2n) is 5.03. The fourth-order valence-corrected chi connectivity index (χ4v) is 2.42. The zero-order valence-corrected chi connectivity index (χ0v) is 12.7. The number of esters is 1. The van der Waals surface area contributed by atoms with Crippen molar-refractivity contribution in [3.63, 3.8) is 0 Å². The Kier molecular flexibility index (Phi) is 4.89. The van der Waals surface area contributed by atoms with Crippen LogP contribution in [-0.2, 0) is 9.53 Å². The molecule has 0 N–H and O–H groups in total. The first-order chi connectivity index (χ1) is 10.6. The Morgan fingerprint density at radius 2 is 1.59 bits per heavy atom. The van der Waals surface area contributed by atoms with Gasteiger partial charge >= 0.3 is 5.97 Å². The largest absolute Gasteiger partial charge is 0.465 e. The molecule has 0 heterocycles. The van der Waals surface area contributed by atoms with Crippen LogP contribution in [0.1, 0.15) is 39.9 Å². The minimum Gasteiger partial charge on any atom is -0.465 e. The number of benzene rings is 2. The molecule has 0 aliphatic rings. The van der Waals surface area contributed by atoms with E-state index < -0.39 is 5.97 Å². The molecule has 1 atom stereocenters. The average Bonchev–Trinajstić information content (AvgIpc) is 2.59. The standard InChI is InChI=1S/C19H18O3/c1-13(12-20)15-8-4-5-9-16(15)14(2)17-10-6-7-11-18(17)19(21)22-3/h4-13H,2H2,1,3H3. The second-order valence-corrected chi connectivity index (χ2v) is 5.03. The summed E-state index contributed by atoms with van der Waals surface area (Å²) in [6, 6.07) is 14.8. The summed E-state index contributed by atoms with van der Waals surface area (Å²) in [7, 11) is 1.35. The van der Waals surface area contributed by atoms with Crippen LogP contribution >= 0.6 is 0 Å². The van der Waals surface area contributed by atoms with E-state index in [1.165, 1.54) is 7.11 Å². The smallest absolute Gasteiger partial charge is 0.338 e. The van der Waals surface area contributed by atoms with Gasteiger partial charge in [-0.3, -0.25) is 0 Å². The summed E-state index contributed by atoms with van der Waals surface area (Å²) in [5, 5.41) is 0. The fraction of sp³-hybridized carbons (Fsp3) is 0.158. The van der Waals surface area contributed by atoms with Gasteiger partial charge in [-0.15, -0.1) is 0 Å². The average molecular weight is 294 g/mol. The molecule has 1 unspecified atom stereocenters. The van der Waals surface area contributed by atoms with Gasteiger partial charge in [0.05, 0.1) is 12.7 Å². The molecule has 3 nitrogen and oxygen atoms in total. The molecule has 0 radical (unpaired) electrons. The van der Waals surface area contributed by atoms with E-state index in [1.807, 2.05) is 43.3 Å². The number of hydrogen-bond donors (Lipinski definition) is 0. The maximum atomic E-state index is 11.9. The molecule has 22 heavy (non-hydrogen) atoms. The Morgan fingerprint density at radius 1 is 1.05 bits per heavy atom. The molecule has 0 saturated heterocycles. The van der Waals surface area contributed by atoms with Gasteiger partial charge in [0.15, 0.2) is 0 Å². The highest BCUT2D eigenvalue weighted by molar-refractivity contribution is 5.98. The van der Waals surface area contributed by atoms with Gasteiger partial charge in [-0.1, -0.05) is 56.0 Å². The number of rotatable bonds is 5. The van der Waals surface area contributed by atoms with Crippen molar-refractivity contribution >= 4 is 17.8 Å². The highest BCUT2D eigenvalue weighted by atomic mass is 16.5. The lowest BCUT2D eigenvalue weighted by atomic mass is 9.88. The minimum absolute atomic E-state index is 0.238. The van der Waals surface area contributed by atoms with Crippen molar-refractivity contribution in [1.82, 2.24) is 0 Å². The number of ether oxygens (including phenoxy) is 1. The highest BCUT2D eigenvalue weighted by Crippen LogP contribution is 2.30. The van der Waals surface area contributed by atoms with Gasteiger partial charge < -0.3 is 9.53 Å². The van der Waals surface area contributed by atoms with Crippen LogP contribution in [0.2, 0.25) is 0 Å². The summed E-state index contributed by atoms with van der Waals surface area (Å²) >= 11 is 0. The maximum Gasteiger partial charge on any atom is 0.338 e. The monoisotopic (exact) mass is 294 g/mol. The topological polar surface area (TPSA) is 43.4 Å². The minimum atomic E-state index is -0.405. The Labute approximate surface area is 130 Å². The lowest BCUT2D eigenvalue weighted by Gasteiger charge is -2.16. The lowest BCUT2D eigenvalue weighted by Crippen LogP contribution is -2.07. The number of methoxy groups -OCH3 is 1. The van der Waals surface area contributed by atoms with Crippen LogP contribution in [0.15, 0.2) is 55.1 Å². The molecular formula is C19H18O3. The summed E-state index contributed by atoms with van der Waals surface area (Å²) in [4.78, 5) is 23.1. The summed E-state index contributed by atoms with van der Waals surface area (Å²) in [6.45, 7) is 5.96. The van der Waals surface area contributed by atoms with Gasteiger partial charge in [0, 0.05) is 5.92 Å². The third-order valence-electron chi connectivity index (χ3n) is 3.64. The Hall–Kier alpha value is -2.68. The number of carbonyl (C=O) groups excluding carboxylic acids is 2. The van der Waals surface area contributed by atoms with Crippen molar-refractivity contribution in [3.8, 4) is 0 Å². The van der Waals surface area contributed by atoms with Gasteiger partial charge in [-0.05, 0) is 28.3 Å². The molecular weight excluding hydrogens is 276 g/mol. The number of hydrogen-bond acceptors (Lipinski definition) is 3. The molecule has 0 bridgehead atoms. The van der Waals surface area contributed by atoms with E-state index in [-0.39, 0.29) is 5.92 Å². The summed E-state index contributed by atoms with van der Waals surface area (Å²) in [6.07, 6.45) is 0.901. The molecule has 112 valence electrons. The van der Waals surface area contributed by atoms with Gasteiger partial charge in [-0.2, -0.15) is 0 Å². The number of carbonyl (C=O) groups is 2. The molecule has 0 aliphatic carbocycles. The molecule has 0 amide bonds. The van der Waals surface area contributed by atoms with Crippen molar-refractivity contribution < 1.29 is 14.3 Å². The zero-order chi connectivity index (χ0) is 16.1. The molecule has 2 rings (SSSR count). The Balaban J connectivity index is 2.55. The van der Waals surface area contributed by atoms with E-state index in [4.69, 9.17) is 4.74 Å². The third kappa shape index (κ3) is 2.98. The van der Waals surface area contributed by atoms with E-state index in [1.54, 1.807) is 12.1 Å². The Bertz CT molecular complexity index is 716. The van der Waals surface area contributed by atoms with Crippen LogP contribution in [-0.4, -0.2) is 19.4 Å². The van der Waals surface area contributed by atoms with Crippen molar-refractivity contribution in [2.24, 2.45) is 0 Å². The first-order valence-electron chi connectivity index (χ1n) is 7.01.